The van der Waals surface area contributed by atoms with E-state index < -0.39 is 0 Å². The van der Waals surface area contributed by atoms with Crippen molar-refractivity contribution in [3.8, 4) is 11.4 Å². The fourth-order valence-electron chi connectivity index (χ4n) is 3.75. The molecule has 0 bridgehead atoms. The molecule has 146 valence electrons. The molecule has 0 N–H and O–H groups in total. The smallest absolute Gasteiger partial charge is 0.199 e. The number of aromatic nitrogens is 3. The summed E-state index contributed by atoms with van der Waals surface area (Å²) in [6, 6.07) is 17.5. The summed E-state index contributed by atoms with van der Waals surface area (Å²) in [5.74, 6) is 0.257. The average Bonchev–Trinajstić information content (AvgIpc) is 2.99. The van der Waals surface area contributed by atoms with E-state index in [0.717, 1.165) is 19.6 Å². The molecule has 0 amide bonds. The van der Waals surface area contributed by atoms with Crippen molar-refractivity contribution in [3.05, 3.63) is 70.7 Å². The van der Waals surface area contributed by atoms with Crippen LogP contribution >= 0.6 is 12.2 Å². The average molecular weight is 398 g/mol. The van der Waals surface area contributed by atoms with E-state index in [1.165, 1.54) is 11.6 Å². The monoisotopic (exact) mass is 397 g/mol. The van der Waals surface area contributed by atoms with Gasteiger partial charge in [0.1, 0.15) is 5.82 Å². The highest BCUT2D eigenvalue weighted by atomic mass is 32.1. The molecule has 0 saturated carbocycles. The molecule has 2 aromatic carbocycles. The Morgan fingerprint density at radius 1 is 1.04 bits per heavy atom. The third-order valence-corrected chi connectivity index (χ3v) is 5.83. The number of rotatable bonds is 4. The molecule has 7 heteroatoms. The standard InChI is InChI=1S/C21H24FN5S/c1-24-12-13-26(19(14-24)16-8-4-3-5-9-16)15-27-21(28)25(2)20(23-27)17-10-6-7-11-18(17)22/h3-11,19H,12-15H2,1-2H3/t19-/m1/s1. The Kier molecular flexibility index (Phi) is 5.39. The van der Waals surface area contributed by atoms with Gasteiger partial charge in [0.05, 0.1) is 12.2 Å². The normalized spacial score (nSPS) is 18.5. The van der Waals surface area contributed by atoms with Gasteiger partial charge in [-0.15, -0.1) is 0 Å². The second kappa shape index (κ2) is 7.95. The second-order valence-electron chi connectivity index (χ2n) is 7.29. The van der Waals surface area contributed by atoms with Crippen LogP contribution < -0.4 is 0 Å². The fourth-order valence-corrected chi connectivity index (χ4v) is 3.93. The van der Waals surface area contributed by atoms with Gasteiger partial charge in [-0.05, 0) is 37.0 Å². The maximum Gasteiger partial charge on any atom is 0.199 e. The highest BCUT2D eigenvalue weighted by Crippen LogP contribution is 2.26. The van der Waals surface area contributed by atoms with E-state index in [-0.39, 0.29) is 11.9 Å². The van der Waals surface area contributed by atoms with Gasteiger partial charge in [-0.2, -0.15) is 5.10 Å². The van der Waals surface area contributed by atoms with Crippen LogP contribution in [0.25, 0.3) is 11.4 Å². The summed E-state index contributed by atoms with van der Waals surface area (Å²) in [4.78, 5) is 4.74. The Bertz CT molecular complexity index is 1010. The first-order chi connectivity index (χ1) is 13.5. The van der Waals surface area contributed by atoms with E-state index in [2.05, 4.69) is 46.2 Å². The number of piperazine rings is 1. The van der Waals surface area contributed by atoms with Crippen molar-refractivity contribution in [1.29, 1.82) is 0 Å². The Hall–Kier alpha value is -2.35. The maximum absolute atomic E-state index is 14.3. The zero-order valence-corrected chi connectivity index (χ0v) is 16.9. The Morgan fingerprint density at radius 3 is 2.50 bits per heavy atom. The van der Waals surface area contributed by atoms with E-state index in [0.29, 0.717) is 22.8 Å². The van der Waals surface area contributed by atoms with Crippen molar-refractivity contribution in [2.45, 2.75) is 12.7 Å². The summed E-state index contributed by atoms with van der Waals surface area (Å²) in [5.41, 5.74) is 1.75. The van der Waals surface area contributed by atoms with Crippen molar-refractivity contribution < 1.29 is 4.39 Å². The van der Waals surface area contributed by atoms with Gasteiger partial charge in [0, 0.05) is 32.7 Å². The van der Waals surface area contributed by atoms with Gasteiger partial charge in [0.2, 0.25) is 0 Å². The van der Waals surface area contributed by atoms with Gasteiger partial charge in [0.15, 0.2) is 10.6 Å². The molecule has 1 aromatic heterocycles. The van der Waals surface area contributed by atoms with E-state index >= 15 is 0 Å². The van der Waals surface area contributed by atoms with E-state index in [9.17, 15) is 4.39 Å². The number of benzene rings is 2. The number of nitrogens with zero attached hydrogens (tertiary/aromatic N) is 5. The van der Waals surface area contributed by atoms with Crippen LogP contribution in [0.5, 0.6) is 0 Å². The van der Waals surface area contributed by atoms with Crippen molar-refractivity contribution >= 4 is 12.2 Å². The summed E-state index contributed by atoms with van der Waals surface area (Å²) >= 11 is 5.61. The molecule has 1 aliphatic heterocycles. The SMILES string of the molecule is CN1CCN(Cn2nc(-c3ccccc3F)n(C)c2=S)[C@@H](c2ccccc2)C1. The second-order valence-corrected chi connectivity index (χ2v) is 7.65. The quantitative estimate of drug-likeness (QED) is 0.628. The van der Waals surface area contributed by atoms with Crippen molar-refractivity contribution in [2.24, 2.45) is 7.05 Å². The summed E-state index contributed by atoms with van der Waals surface area (Å²) in [6.07, 6.45) is 0. The van der Waals surface area contributed by atoms with E-state index in [1.54, 1.807) is 21.4 Å². The molecule has 2 heterocycles. The third-order valence-electron chi connectivity index (χ3n) is 5.35. The van der Waals surface area contributed by atoms with Gasteiger partial charge in [0.25, 0.3) is 0 Å². The first kappa shape index (κ1) is 19.0. The molecule has 0 aliphatic carbocycles. The molecule has 0 unspecified atom stereocenters. The van der Waals surface area contributed by atoms with Crippen LogP contribution in [0.3, 0.4) is 0 Å². The predicted molar refractivity (Wildman–Crippen MR) is 111 cm³/mol. The minimum absolute atomic E-state index is 0.265. The van der Waals surface area contributed by atoms with Gasteiger partial charge >= 0.3 is 0 Å². The molecule has 1 saturated heterocycles. The zero-order chi connectivity index (χ0) is 19.7. The molecule has 28 heavy (non-hydrogen) atoms. The number of likely N-dealkylation sites (N-methyl/N-ethyl adjacent to an activating group) is 1. The highest BCUT2D eigenvalue weighted by molar-refractivity contribution is 7.71. The van der Waals surface area contributed by atoms with Gasteiger partial charge < -0.3 is 9.47 Å². The lowest BCUT2D eigenvalue weighted by atomic mass is 10.0. The number of halogens is 1. The molecule has 0 radical (unpaired) electrons. The molecular formula is C21H24FN5S. The minimum atomic E-state index is -0.292. The molecule has 1 aliphatic rings. The largest absolute Gasteiger partial charge is 0.303 e. The molecule has 1 fully saturated rings. The van der Waals surface area contributed by atoms with Crippen molar-refractivity contribution in [2.75, 3.05) is 26.7 Å². The zero-order valence-electron chi connectivity index (χ0n) is 16.1. The maximum atomic E-state index is 14.3. The first-order valence-corrected chi connectivity index (χ1v) is 9.81. The van der Waals surface area contributed by atoms with Gasteiger partial charge in [-0.1, -0.05) is 42.5 Å². The minimum Gasteiger partial charge on any atom is -0.303 e. The summed E-state index contributed by atoms with van der Waals surface area (Å²) < 4.78 is 18.4. The lowest BCUT2D eigenvalue weighted by molar-refractivity contribution is 0.0583. The van der Waals surface area contributed by atoms with Crippen LogP contribution in [0, 0.1) is 10.6 Å². The Labute approximate surface area is 169 Å². The van der Waals surface area contributed by atoms with E-state index in [1.807, 2.05) is 19.2 Å². The highest BCUT2D eigenvalue weighted by Gasteiger charge is 2.27. The Balaban J connectivity index is 1.66. The van der Waals surface area contributed by atoms with Crippen LogP contribution in [-0.2, 0) is 13.7 Å². The summed E-state index contributed by atoms with van der Waals surface area (Å²) in [5, 5.41) is 4.66. The molecular weight excluding hydrogens is 373 g/mol. The molecule has 1 atom stereocenters. The number of hydrogen-bond donors (Lipinski definition) is 0. The predicted octanol–water partition coefficient (Wildman–Crippen LogP) is 3.70. The summed E-state index contributed by atoms with van der Waals surface area (Å²) in [7, 11) is 3.99. The van der Waals surface area contributed by atoms with Crippen molar-refractivity contribution in [3.63, 3.8) is 0 Å². The van der Waals surface area contributed by atoms with Crippen LogP contribution in [0.15, 0.2) is 54.6 Å². The lowest BCUT2D eigenvalue weighted by Crippen LogP contribution is -2.47. The Morgan fingerprint density at radius 2 is 1.75 bits per heavy atom. The molecule has 0 spiro atoms. The van der Waals surface area contributed by atoms with Crippen LogP contribution in [-0.4, -0.2) is 50.8 Å². The van der Waals surface area contributed by atoms with Crippen LogP contribution in [0.2, 0.25) is 0 Å². The number of hydrogen-bond acceptors (Lipinski definition) is 4. The van der Waals surface area contributed by atoms with Gasteiger partial charge in [-0.3, -0.25) is 4.90 Å². The lowest BCUT2D eigenvalue weighted by Gasteiger charge is -2.40. The van der Waals surface area contributed by atoms with Crippen molar-refractivity contribution in [1.82, 2.24) is 24.1 Å². The summed E-state index contributed by atoms with van der Waals surface area (Å²) in [6.45, 7) is 3.44. The molecule has 5 nitrogen and oxygen atoms in total. The topological polar surface area (TPSA) is 29.2 Å². The first-order valence-electron chi connectivity index (χ1n) is 9.41. The van der Waals surface area contributed by atoms with Crippen LogP contribution in [0.1, 0.15) is 11.6 Å². The van der Waals surface area contributed by atoms with Crippen LogP contribution in [0.4, 0.5) is 4.39 Å². The molecule has 4 rings (SSSR count). The molecule has 3 aromatic rings. The fraction of sp³-hybridized carbons (Fsp3) is 0.333. The van der Waals surface area contributed by atoms with E-state index in [4.69, 9.17) is 12.2 Å². The van der Waals surface area contributed by atoms with Gasteiger partial charge in [-0.25, -0.2) is 9.07 Å². The third kappa shape index (κ3) is 3.65.